The summed E-state index contributed by atoms with van der Waals surface area (Å²) in [6, 6.07) is 12.6. The lowest BCUT2D eigenvalue weighted by atomic mass is 9.99. The van der Waals surface area contributed by atoms with E-state index in [4.69, 9.17) is 4.74 Å². The summed E-state index contributed by atoms with van der Waals surface area (Å²) in [5.41, 5.74) is 3.74. The van der Waals surface area contributed by atoms with Gasteiger partial charge >= 0.3 is 6.03 Å². The molecule has 2 aromatic carbocycles. The quantitative estimate of drug-likeness (QED) is 0.551. The molecule has 3 aliphatic heterocycles. The average molecular weight is 531 g/mol. The number of amides is 3. The van der Waals surface area contributed by atoms with Crippen molar-refractivity contribution in [3.63, 3.8) is 0 Å². The first-order chi connectivity index (χ1) is 19.0. The molecule has 0 spiro atoms. The molecule has 0 unspecified atom stereocenters. The van der Waals surface area contributed by atoms with Crippen molar-refractivity contribution in [2.45, 2.75) is 38.3 Å². The number of halogens is 1. The summed E-state index contributed by atoms with van der Waals surface area (Å²) in [7, 11) is 1.64. The van der Waals surface area contributed by atoms with Crippen molar-refractivity contribution in [2.24, 2.45) is 0 Å². The van der Waals surface area contributed by atoms with Crippen LogP contribution in [0.25, 0.3) is 0 Å². The smallest absolute Gasteiger partial charge is 0.322 e. The maximum Gasteiger partial charge on any atom is 0.322 e. The minimum Gasteiger partial charge on any atom is -0.497 e. The van der Waals surface area contributed by atoms with Gasteiger partial charge in [-0.05, 0) is 61.1 Å². The predicted molar refractivity (Wildman–Crippen MR) is 145 cm³/mol. The van der Waals surface area contributed by atoms with E-state index >= 15 is 0 Å². The van der Waals surface area contributed by atoms with E-state index in [9.17, 15) is 14.0 Å². The van der Waals surface area contributed by atoms with Crippen molar-refractivity contribution in [1.82, 2.24) is 19.8 Å². The van der Waals surface area contributed by atoms with Gasteiger partial charge in [0.25, 0.3) is 5.91 Å². The van der Waals surface area contributed by atoms with E-state index in [0.717, 1.165) is 41.8 Å². The molecule has 0 aliphatic carbocycles. The maximum atomic E-state index is 14.3. The molecule has 9 nitrogen and oxygen atoms in total. The molecule has 1 N–H and O–H groups in total. The zero-order valence-electron chi connectivity index (χ0n) is 21.9. The SMILES string of the molecule is COc1ccc2c(c1)CCN(C1CCN(c3cc(C(=O)N4CCc5cccc(F)c5C4)ncn3)CC1)C(=O)N2. The lowest BCUT2D eigenvalue weighted by Gasteiger charge is -2.38. The van der Waals surface area contributed by atoms with E-state index in [1.807, 2.05) is 29.2 Å². The minimum atomic E-state index is -0.280. The molecule has 10 heteroatoms. The van der Waals surface area contributed by atoms with Crippen LogP contribution in [0.2, 0.25) is 0 Å². The molecule has 1 fully saturated rings. The third-order valence-electron chi connectivity index (χ3n) is 8.04. The Balaban J connectivity index is 1.09. The van der Waals surface area contributed by atoms with Gasteiger partial charge in [-0.25, -0.2) is 19.2 Å². The van der Waals surface area contributed by atoms with Gasteiger partial charge in [0.05, 0.1) is 7.11 Å². The number of fused-ring (bicyclic) bond motifs is 2. The summed E-state index contributed by atoms with van der Waals surface area (Å²) < 4.78 is 19.7. The summed E-state index contributed by atoms with van der Waals surface area (Å²) in [5, 5.41) is 3.06. The molecule has 1 saturated heterocycles. The van der Waals surface area contributed by atoms with Gasteiger partial charge in [0, 0.05) is 56.1 Å². The third-order valence-corrected chi connectivity index (χ3v) is 8.04. The van der Waals surface area contributed by atoms with Gasteiger partial charge in [0.1, 0.15) is 29.4 Å². The molecule has 3 amide bonds. The summed E-state index contributed by atoms with van der Waals surface area (Å²) in [6.45, 7) is 2.82. The van der Waals surface area contributed by atoms with Crippen LogP contribution in [-0.2, 0) is 19.4 Å². The van der Waals surface area contributed by atoms with Crippen LogP contribution in [-0.4, -0.2) is 71.0 Å². The predicted octanol–water partition coefficient (Wildman–Crippen LogP) is 3.88. The summed E-state index contributed by atoms with van der Waals surface area (Å²) in [4.78, 5) is 40.7. The number of rotatable bonds is 4. The van der Waals surface area contributed by atoms with Gasteiger partial charge in [0.2, 0.25) is 0 Å². The third kappa shape index (κ3) is 4.98. The van der Waals surface area contributed by atoms with Crippen molar-refractivity contribution in [3.05, 3.63) is 77.0 Å². The van der Waals surface area contributed by atoms with Crippen LogP contribution in [0.3, 0.4) is 0 Å². The number of hydrogen-bond donors (Lipinski definition) is 1. The zero-order chi connectivity index (χ0) is 26.9. The molecule has 1 aromatic heterocycles. The van der Waals surface area contributed by atoms with Crippen LogP contribution in [0.15, 0.2) is 48.8 Å². The monoisotopic (exact) mass is 530 g/mol. The Bertz CT molecular complexity index is 1410. The fourth-order valence-electron chi connectivity index (χ4n) is 5.82. The fraction of sp³-hybridized carbons (Fsp3) is 0.379. The zero-order valence-corrected chi connectivity index (χ0v) is 21.9. The number of benzene rings is 2. The molecule has 39 heavy (non-hydrogen) atoms. The van der Waals surface area contributed by atoms with E-state index in [2.05, 4.69) is 20.2 Å². The number of carbonyl (C=O) groups is 2. The first-order valence-corrected chi connectivity index (χ1v) is 13.4. The topological polar surface area (TPSA) is 90.9 Å². The molecule has 0 saturated carbocycles. The number of urea groups is 1. The maximum absolute atomic E-state index is 14.3. The van der Waals surface area contributed by atoms with Crippen molar-refractivity contribution >= 4 is 23.4 Å². The Labute approximate surface area is 226 Å². The second kappa shape index (κ2) is 10.5. The van der Waals surface area contributed by atoms with E-state index in [1.54, 1.807) is 24.1 Å². The number of nitrogens with one attached hydrogen (secondary N) is 1. The van der Waals surface area contributed by atoms with Crippen molar-refractivity contribution in [1.29, 1.82) is 0 Å². The first kappa shape index (κ1) is 25.1. The van der Waals surface area contributed by atoms with Gasteiger partial charge in [0.15, 0.2) is 0 Å². The highest BCUT2D eigenvalue weighted by Gasteiger charge is 2.31. The molecule has 3 aromatic rings. The van der Waals surface area contributed by atoms with Crippen LogP contribution < -0.4 is 15.0 Å². The molecule has 202 valence electrons. The van der Waals surface area contributed by atoms with Crippen LogP contribution >= 0.6 is 0 Å². The second-order valence-electron chi connectivity index (χ2n) is 10.2. The first-order valence-electron chi connectivity index (χ1n) is 13.4. The highest BCUT2D eigenvalue weighted by Crippen LogP contribution is 2.29. The number of nitrogens with zero attached hydrogens (tertiary/aromatic N) is 5. The molecule has 3 aliphatic rings. The van der Waals surface area contributed by atoms with Gasteiger partial charge in [-0.15, -0.1) is 0 Å². The Hall–Kier alpha value is -4.21. The number of carbonyl (C=O) groups excluding carboxylic acids is 2. The summed E-state index contributed by atoms with van der Waals surface area (Å²) >= 11 is 0. The van der Waals surface area contributed by atoms with Gasteiger partial charge < -0.3 is 24.8 Å². The molecular formula is C29H31FN6O3. The molecule has 4 heterocycles. The molecule has 0 atom stereocenters. The van der Waals surface area contributed by atoms with Crippen LogP contribution in [0, 0.1) is 5.82 Å². The van der Waals surface area contributed by atoms with E-state index in [1.165, 1.54) is 12.4 Å². The summed E-state index contributed by atoms with van der Waals surface area (Å²) in [6.07, 6.45) is 4.38. The van der Waals surface area contributed by atoms with Gasteiger partial charge in [-0.2, -0.15) is 0 Å². The lowest BCUT2D eigenvalue weighted by molar-refractivity contribution is 0.0726. The molecular weight excluding hydrogens is 499 g/mol. The summed E-state index contributed by atoms with van der Waals surface area (Å²) in [5.74, 6) is 0.970. The van der Waals surface area contributed by atoms with Crippen molar-refractivity contribution < 1.29 is 18.7 Å². The van der Waals surface area contributed by atoms with Gasteiger partial charge in [-0.1, -0.05) is 12.1 Å². The largest absolute Gasteiger partial charge is 0.497 e. The highest BCUT2D eigenvalue weighted by atomic mass is 19.1. The number of aromatic nitrogens is 2. The second-order valence-corrected chi connectivity index (χ2v) is 10.2. The van der Waals surface area contributed by atoms with Crippen molar-refractivity contribution in [3.8, 4) is 5.75 Å². The number of ether oxygens (including phenoxy) is 1. The highest BCUT2D eigenvalue weighted by molar-refractivity contribution is 5.93. The Morgan fingerprint density at radius 1 is 1.03 bits per heavy atom. The number of methoxy groups -OCH3 is 1. The number of anilines is 2. The van der Waals surface area contributed by atoms with Crippen molar-refractivity contribution in [2.75, 3.05) is 43.5 Å². The van der Waals surface area contributed by atoms with Gasteiger partial charge in [-0.3, -0.25) is 4.79 Å². The fourth-order valence-corrected chi connectivity index (χ4v) is 5.82. The van der Waals surface area contributed by atoms with Crippen LogP contribution in [0.5, 0.6) is 5.75 Å². The number of piperidine rings is 1. The molecule has 0 radical (unpaired) electrons. The number of hydrogen-bond acceptors (Lipinski definition) is 6. The minimum absolute atomic E-state index is 0.0770. The normalized spacial score (nSPS) is 17.7. The molecule has 6 rings (SSSR count). The standard InChI is InChI=1S/C29H31FN6O3/c1-39-22-5-6-25-20(15-22)8-14-36(29(38)33-25)21-9-12-34(13-10-21)27-16-26(31-18-32-27)28(37)35-11-7-19-3-2-4-24(30)23(19)17-35/h2-6,15-16,18,21H,7-14,17H2,1H3,(H,33,38). The van der Waals surface area contributed by atoms with Crippen LogP contribution in [0.4, 0.5) is 20.7 Å². The van der Waals surface area contributed by atoms with Crippen LogP contribution in [0.1, 0.15) is 40.0 Å². The van der Waals surface area contributed by atoms with E-state index < -0.39 is 0 Å². The lowest BCUT2D eigenvalue weighted by Crippen LogP contribution is -2.49. The average Bonchev–Trinajstić information content (AvgIpc) is 3.14. The Morgan fingerprint density at radius 2 is 1.85 bits per heavy atom. The van der Waals surface area contributed by atoms with E-state index in [-0.39, 0.29) is 30.3 Å². The molecule has 0 bridgehead atoms. The Morgan fingerprint density at radius 3 is 2.67 bits per heavy atom. The Kier molecular flexibility index (Phi) is 6.76. The van der Waals surface area contributed by atoms with E-state index in [0.29, 0.717) is 49.7 Å².